The van der Waals surface area contributed by atoms with Crippen LogP contribution in [0.25, 0.3) is 0 Å². The summed E-state index contributed by atoms with van der Waals surface area (Å²) in [5.41, 5.74) is 1.57. The number of rotatable bonds is 9. The topological polar surface area (TPSA) is 114 Å². The number of benzene rings is 1. The van der Waals surface area contributed by atoms with E-state index in [1.54, 1.807) is 12.1 Å². The number of allylic oxidation sites excluding steroid dienone is 2. The summed E-state index contributed by atoms with van der Waals surface area (Å²) in [7, 11) is 0. The van der Waals surface area contributed by atoms with Crippen molar-refractivity contribution in [1.82, 2.24) is 0 Å². The zero-order valence-electron chi connectivity index (χ0n) is 25.6. The van der Waals surface area contributed by atoms with Crippen LogP contribution in [0, 0.1) is 32.8 Å². The van der Waals surface area contributed by atoms with E-state index in [0.717, 1.165) is 30.6 Å². The van der Waals surface area contributed by atoms with E-state index >= 15 is 0 Å². The standard InChI is InChI=1S/C33H43NO8S/c1-21-8-15-27-32(4,17-16-28-33(27,5)20-40-31(2,3)42-28)25(21)14-13-24-26(19-39-30(24)36)41-29(35)7-6-18-43-23-11-9-22(10-12-23)34(37)38/h9-13,25-28H,1,6-8,14-20H2,2-5H3/b24-13+/t25-,26-,27+,28-,32+,33+/m1/s1. The maximum Gasteiger partial charge on any atom is 0.337 e. The lowest BCUT2D eigenvalue weighted by Crippen LogP contribution is -2.62. The van der Waals surface area contributed by atoms with Crippen molar-refractivity contribution in [1.29, 1.82) is 0 Å². The number of esters is 2. The van der Waals surface area contributed by atoms with E-state index in [1.807, 2.05) is 19.9 Å². The minimum absolute atomic E-state index is 0.0120. The van der Waals surface area contributed by atoms with E-state index in [0.29, 0.717) is 36.7 Å². The van der Waals surface area contributed by atoms with Crippen LogP contribution in [-0.4, -0.2) is 53.8 Å². The van der Waals surface area contributed by atoms with Crippen LogP contribution < -0.4 is 0 Å². The van der Waals surface area contributed by atoms with Crippen molar-refractivity contribution >= 4 is 29.4 Å². The first-order valence-electron chi connectivity index (χ1n) is 15.3. The first-order chi connectivity index (χ1) is 20.3. The van der Waals surface area contributed by atoms with Crippen molar-refractivity contribution in [3.63, 3.8) is 0 Å². The van der Waals surface area contributed by atoms with E-state index in [2.05, 4.69) is 20.4 Å². The quantitative estimate of drug-likeness (QED) is 0.0565. The molecule has 234 valence electrons. The Balaban J connectivity index is 1.18. The highest BCUT2D eigenvalue weighted by molar-refractivity contribution is 7.99. The minimum atomic E-state index is -0.710. The molecule has 2 aliphatic carbocycles. The highest BCUT2D eigenvalue weighted by atomic mass is 32.2. The largest absolute Gasteiger partial charge is 0.458 e. The number of hydrogen-bond acceptors (Lipinski definition) is 9. The monoisotopic (exact) mass is 613 g/mol. The molecule has 1 aromatic rings. The first-order valence-corrected chi connectivity index (χ1v) is 16.2. The molecule has 43 heavy (non-hydrogen) atoms. The number of carbonyl (C=O) groups excluding carboxylic acids is 2. The Morgan fingerprint density at radius 2 is 1.93 bits per heavy atom. The molecule has 2 saturated carbocycles. The van der Waals surface area contributed by atoms with Crippen LogP contribution in [0.5, 0.6) is 0 Å². The Morgan fingerprint density at radius 1 is 1.19 bits per heavy atom. The number of fused-ring (bicyclic) bond motifs is 3. The Kier molecular flexibility index (Phi) is 9.12. The number of cyclic esters (lactones) is 1. The van der Waals surface area contributed by atoms with Crippen LogP contribution in [0.3, 0.4) is 0 Å². The summed E-state index contributed by atoms with van der Waals surface area (Å²) in [4.78, 5) is 36.6. The third kappa shape index (κ3) is 6.56. The van der Waals surface area contributed by atoms with Crippen molar-refractivity contribution in [3.8, 4) is 0 Å². The molecule has 4 aliphatic rings. The number of carbonyl (C=O) groups is 2. The molecule has 2 heterocycles. The second kappa shape index (κ2) is 12.4. The van der Waals surface area contributed by atoms with Crippen LogP contribution in [0.4, 0.5) is 5.69 Å². The molecular weight excluding hydrogens is 570 g/mol. The Hall–Kier alpha value is -2.69. The third-order valence-electron chi connectivity index (χ3n) is 10.1. The molecule has 2 aliphatic heterocycles. The summed E-state index contributed by atoms with van der Waals surface area (Å²) < 4.78 is 23.6. The average Bonchev–Trinajstić information content (AvgIpc) is 3.29. The van der Waals surface area contributed by atoms with Gasteiger partial charge in [0.25, 0.3) is 5.69 Å². The fourth-order valence-corrected chi connectivity index (χ4v) is 8.65. The van der Waals surface area contributed by atoms with Gasteiger partial charge < -0.3 is 18.9 Å². The van der Waals surface area contributed by atoms with E-state index in [4.69, 9.17) is 18.9 Å². The van der Waals surface area contributed by atoms with Gasteiger partial charge in [-0.05, 0) is 87.5 Å². The molecule has 6 atom stereocenters. The predicted molar refractivity (Wildman–Crippen MR) is 162 cm³/mol. The lowest BCUT2D eigenvalue weighted by molar-refractivity contribution is -0.384. The molecule has 9 nitrogen and oxygen atoms in total. The van der Waals surface area contributed by atoms with Gasteiger partial charge in [0.1, 0.15) is 6.61 Å². The van der Waals surface area contributed by atoms with Crippen molar-refractivity contribution < 1.29 is 33.5 Å². The van der Waals surface area contributed by atoms with Crippen LogP contribution in [-0.2, 0) is 28.5 Å². The highest BCUT2D eigenvalue weighted by Crippen LogP contribution is 2.63. The van der Waals surface area contributed by atoms with E-state index in [9.17, 15) is 19.7 Å². The lowest BCUT2D eigenvalue weighted by atomic mass is 9.46. The van der Waals surface area contributed by atoms with Gasteiger partial charge in [0.15, 0.2) is 11.9 Å². The Labute approximate surface area is 257 Å². The van der Waals surface area contributed by atoms with Gasteiger partial charge in [-0.2, -0.15) is 0 Å². The van der Waals surface area contributed by atoms with Crippen LogP contribution in [0.2, 0.25) is 0 Å². The zero-order chi connectivity index (χ0) is 31.0. The lowest BCUT2D eigenvalue weighted by Gasteiger charge is -2.63. The van der Waals surface area contributed by atoms with Crippen molar-refractivity contribution in [2.24, 2.45) is 22.7 Å². The molecule has 4 fully saturated rings. The maximum atomic E-state index is 12.7. The van der Waals surface area contributed by atoms with Crippen molar-refractivity contribution in [3.05, 3.63) is 58.2 Å². The molecule has 2 saturated heterocycles. The smallest absolute Gasteiger partial charge is 0.337 e. The second-order valence-corrected chi connectivity index (χ2v) is 14.5. The molecular formula is C33H43NO8S. The summed E-state index contributed by atoms with van der Waals surface area (Å²) in [6, 6.07) is 6.34. The number of non-ortho nitro benzene ring substituents is 1. The molecule has 5 rings (SSSR count). The molecule has 0 spiro atoms. The molecule has 0 aromatic heterocycles. The van der Waals surface area contributed by atoms with Gasteiger partial charge >= 0.3 is 11.9 Å². The number of thioether (sulfide) groups is 1. The zero-order valence-corrected chi connectivity index (χ0v) is 26.4. The van der Waals surface area contributed by atoms with Crippen LogP contribution in [0.1, 0.15) is 72.6 Å². The van der Waals surface area contributed by atoms with E-state index in [1.165, 1.54) is 29.5 Å². The van der Waals surface area contributed by atoms with E-state index in [-0.39, 0.29) is 47.5 Å². The number of ether oxygens (including phenoxy) is 4. The number of nitro benzene ring substituents is 1. The van der Waals surface area contributed by atoms with Crippen LogP contribution >= 0.6 is 11.8 Å². The van der Waals surface area contributed by atoms with Gasteiger partial charge in [-0.15, -0.1) is 11.8 Å². The number of hydrogen-bond donors (Lipinski definition) is 0. The van der Waals surface area contributed by atoms with Gasteiger partial charge in [0, 0.05) is 28.9 Å². The molecule has 0 amide bonds. The molecule has 0 radical (unpaired) electrons. The van der Waals surface area contributed by atoms with Gasteiger partial charge in [-0.1, -0.05) is 32.1 Å². The SMILES string of the molecule is C=C1CC[C@@H]2[C@]3(C)COC(C)(C)O[C@@H]3CC[C@@]2(C)[C@@H]1C/C=C1/C(=O)OC[C@H]1OC(=O)CCCSc1ccc([N+](=O)[O-])cc1. The average molecular weight is 614 g/mol. The third-order valence-corrected chi connectivity index (χ3v) is 11.2. The van der Waals surface area contributed by atoms with Crippen molar-refractivity contribution in [2.45, 2.75) is 95.5 Å². The van der Waals surface area contributed by atoms with Gasteiger partial charge in [0.05, 0.1) is 23.2 Å². The Morgan fingerprint density at radius 3 is 2.65 bits per heavy atom. The fourth-order valence-electron chi connectivity index (χ4n) is 7.80. The summed E-state index contributed by atoms with van der Waals surface area (Å²) >= 11 is 1.52. The summed E-state index contributed by atoms with van der Waals surface area (Å²) in [5, 5.41) is 10.8. The van der Waals surface area contributed by atoms with Gasteiger partial charge in [0.2, 0.25) is 0 Å². The number of nitro groups is 1. The predicted octanol–water partition coefficient (Wildman–Crippen LogP) is 6.79. The fraction of sp³-hybridized carbons (Fsp3) is 0.636. The molecule has 0 N–H and O–H groups in total. The maximum absolute atomic E-state index is 12.7. The van der Waals surface area contributed by atoms with Gasteiger partial charge in [-0.25, -0.2) is 4.79 Å². The molecule has 10 heteroatoms. The Bertz CT molecular complexity index is 1290. The highest BCUT2D eigenvalue weighted by Gasteiger charge is 2.60. The van der Waals surface area contributed by atoms with Crippen molar-refractivity contribution in [2.75, 3.05) is 19.0 Å². The summed E-state index contributed by atoms with van der Waals surface area (Å²) in [6.07, 6.45) is 6.75. The summed E-state index contributed by atoms with van der Waals surface area (Å²) in [5.74, 6) is -0.126. The molecule has 1 aromatic carbocycles. The van der Waals surface area contributed by atoms with Gasteiger partial charge in [-0.3, -0.25) is 14.9 Å². The van der Waals surface area contributed by atoms with E-state index < -0.39 is 22.8 Å². The minimum Gasteiger partial charge on any atom is -0.458 e. The molecule has 0 unspecified atom stereocenters. The number of nitrogens with zero attached hydrogens (tertiary/aromatic N) is 1. The first kappa shape index (κ1) is 31.7. The van der Waals surface area contributed by atoms with Crippen LogP contribution in [0.15, 0.2) is 53.0 Å². The summed E-state index contributed by atoms with van der Waals surface area (Å²) in [6.45, 7) is 13.8. The normalized spacial score (nSPS) is 34.3. The molecule has 0 bridgehead atoms. The second-order valence-electron chi connectivity index (χ2n) is 13.3.